The van der Waals surface area contributed by atoms with E-state index < -0.39 is 11.7 Å². The van der Waals surface area contributed by atoms with E-state index in [0.717, 1.165) is 31.0 Å². The quantitative estimate of drug-likeness (QED) is 0.898. The first-order chi connectivity index (χ1) is 9.78. The number of hydrogen-bond donors (Lipinski definition) is 1. The number of rotatable bonds is 4. The fraction of sp³-hybridized carbons (Fsp3) is 0.625. The van der Waals surface area contributed by atoms with Crippen LogP contribution in [0.25, 0.3) is 0 Å². The predicted molar refractivity (Wildman–Crippen MR) is 76.2 cm³/mol. The second-order valence-electron chi connectivity index (χ2n) is 5.82. The molecule has 1 saturated heterocycles. The van der Waals surface area contributed by atoms with Gasteiger partial charge in [0, 0.05) is 6.61 Å². The Balaban J connectivity index is 2.37. The Morgan fingerprint density at radius 2 is 2.10 bits per heavy atom. The molecule has 5 heteroatoms. The van der Waals surface area contributed by atoms with Gasteiger partial charge in [0.05, 0.1) is 17.2 Å². The molecule has 118 valence electrons. The Morgan fingerprint density at radius 3 is 2.57 bits per heavy atom. The second-order valence-corrected chi connectivity index (χ2v) is 5.82. The molecule has 0 bridgehead atoms. The van der Waals surface area contributed by atoms with Crippen molar-refractivity contribution in [2.75, 3.05) is 13.2 Å². The summed E-state index contributed by atoms with van der Waals surface area (Å²) in [5, 5.41) is 3.37. The SMILES string of the molecule is CCNC(c1ccc(C(F)(F)F)cc1C)C1(C)CCCO1. The molecule has 0 amide bonds. The number of benzene rings is 1. The molecule has 1 heterocycles. The van der Waals surface area contributed by atoms with Crippen LogP contribution in [0.5, 0.6) is 0 Å². The molecular formula is C16H22F3NO. The van der Waals surface area contributed by atoms with Crippen LogP contribution in [-0.4, -0.2) is 18.8 Å². The fourth-order valence-corrected chi connectivity index (χ4v) is 3.06. The van der Waals surface area contributed by atoms with Crippen LogP contribution in [0, 0.1) is 6.92 Å². The molecule has 2 rings (SSSR count). The van der Waals surface area contributed by atoms with Crippen LogP contribution in [-0.2, 0) is 10.9 Å². The molecule has 21 heavy (non-hydrogen) atoms. The summed E-state index contributed by atoms with van der Waals surface area (Å²) in [6.07, 6.45) is -2.41. The van der Waals surface area contributed by atoms with Crippen molar-refractivity contribution in [3.63, 3.8) is 0 Å². The average Bonchev–Trinajstić information content (AvgIpc) is 2.83. The van der Waals surface area contributed by atoms with E-state index in [1.165, 1.54) is 6.07 Å². The lowest BCUT2D eigenvalue weighted by Gasteiger charge is -2.35. The van der Waals surface area contributed by atoms with Gasteiger partial charge >= 0.3 is 6.18 Å². The summed E-state index contributed by atoms with van der Waals surface area (Å²) in [7, 11) is 0. The molecule has 2 nitrogen and oxygen atoms in total. The average molecular weight is 301 g/mol. The molecule has 1 aliphatic rings. The highest BCUT2D eigenvalue weighted by molar-refractivity contribution is 5.36. The van der Waals surface area contributed by atoms with Crippen LogP contribution in [0.2, 0.25) is 0 Å². The summed E-state index contributed by atoms with van der Waals surface area (Å²) in [5.74, 6) is 0. The lowest BCUT2D eigenvalue weighted by Crippen LogP contribution is -2.41. The van der Waals surface area contributed by atoms with E-state index in [4.69, 9.17) is 4.74 Å². The molecule has 0 aromatic heterocycles. The highest BCUT2D eigenvalue weighted by Crippen LogP contribution is 2.39. The van der Waals surface area contributed by atoms with Gasteiger partial charge < -0.3 is 10.1 Å². The molecule has 1 aliphatic heterocycles. The Hall–Kier alpha value is -1.07. The molecule has 1 N–H and O–H groups in total. The normalized spacial score (nSPS) is 24.3. The topological polar surface area (TPSA) is 21.3 Å². The van der Waals surface area contributed by atoms with E-state index >= 15 is 0 Å². The molecule has 1 aromatic carbocycles. The summed E-state index contributed by atoms with van der Waals surface area (Å²) < 4.78 is 44.2. The molecule has 2 unspecified atom stereocenters. The van der Waals surface area contributed by atoms with Gasteiger partial charge in [-0.2, -0.15) is 13.2 Å². The molecule has 0 aliphatic carbocycles. The van der Waals surface area contributed by atoms with Crippen LogP contribution in [0.3, 0.4) is 0 Å². The van der Waals surface area contributed by atoms with Gasteiger partial charge in [0.1, 0.15) is 0 Å². The fourth-order valence-electron chi connectivity index (χ4n) is 3.06. The van der Waals surface area contributed by atoms with Crippen molar-refractivity contribution in [3.05, 3.63) is 34.9 Å². The van der Waals surface area contributed by atoms with E-state index in [0.29, 0.717) is 12.2 Å². The van der Waals surface area contributed by atoms with Crippen LogP contribution in [0.4, 0.5) is 13.2 Å². The number of ether oxygens (including phenoxy) is 1. The van der Waals surface area contributed by atoms with Crippen molar-refractivity contribution in [1.29, 1.82) is 0 Å². The molecule has 0 spiro atoms. The Bertz CT molecular complexity index is 493. The van der Waals surface area contributed by atoms with Crippen LogP contribution in [0.1, 0.15) is 49.4 Å². The smallest absolute Gasteiger partial charge is 0.373 e. The van der Waals surface area contributed by atoms with Gasteiger partial charge in [0.15, 0.2) is 0 Å². The maximum absolute atomic E-state index is 12.8. The lowest BCUT2D eigenvalue weighted by molar-refractivity contribution is -0.137. The van der Waals surface area contributed by atoms with Crippen molar-refractivity contribution in [3.8, 4) is 0 Å². The number of hydrogen-bond acceptors (Lipinski definition) is 2. The van der Waals surface area contributed by atoms with Crippen LogP contribution >= 0.6 is 0 Å². The third kappa shape index (κ3) is 3.40. The van der Waals surface area contributed by atoms with Gasteiger partial charge in [-0.25, -0.2) is 0 Å². The first-order valence-corrected chi connectivity index (χ1v) is 7.33. The largest absolute Gasteiger partial charge is 0.416 e. The van der Waals surface area contributed by atoms with Crippen molar-refractivity contribution in [2.24, 2.45) is 0 Å². The zero-order valence-corrected chi connectivity index (χ0v) is 12.7. The third-order valence-electron chi connectivity index (χ3n) is 4.18. The Morgan fingerprint density at radius 1 is 1.38 bits per heavy atom. The summed E-state index contributed by atoms with van der Waals surface area (Å²) in [4.78, 5) is 0. The maximum Gasteiger partial charge on any atom is 0.416 e. The minimum Gasteiger partial charge on any atom is -0.373 e. The van der Waals surface area contributed by atoms with Crippen molar-refractivity contribution >= 4 is 0 Å². The van der Waals surface area contributed by atoms with Gasteiger partial charge in [-0.1, -0.05) is 13.0 Å². The van der Waals surface area contributed by atoms with Crippen LogP contribution in [0.15, 0.2) is 18.2 Å². The summed E-state index contributed by atoms with van der Waals surface area (Å²) >= 11 is 0. The number of alkyl halides is 3. The van der Waals surface area contributed by atoms with E-state index in [9.17, 15) is 13.2 Å². The number of aryl methyl sites for hydroxylation is 1. The highest BCUT2D eigenvalue weighted by atomic mass is 19.4. The highest BCUT2D eigenvalue weighted by Gasteiger charge is 2.40. The lowest BCUT2D eigenvalue weighted by atomic mass is 9.85. The summed E-state index contributed by atoms with van der Waals surface area (Å²) in [6.45, 7) is 7.20. The molecule has 0 saturated carbocycles. The van der Waals surface area contributed by atoms with Crippen molar-refractivity contribution in [2.45, 2.75) is 51.4 Å². The minimum absolute atomic E-state index is 0.0905. The number of likely N-dealkylation sites (N-methyl/N-ethyl adjacent to an activating group) is 1. The van der Waals surface area contributed by atoms with Gasteiger partial charge in [0.2, 0.25) is 0 Å². The predicted octanol–water partition coefficient (Wildman–Crippen LogP) is 4.23. The number of halogens is 3. The van der Waals surface area contributed by atoms with Crippen molar-refractivity contribution in [1.82, 2.24) is 5.32 Å². The summed E-state index contributed by atoms with van der Waals surface area (Å²) in [5.41, 5.74) is 0.568. The van der Waals surface area contributed by atoms with Gasteiger partial charge in [0.25, 0.3) is 0 Å². The van der Waals surface area contributed by atoms with Gasteiger partial charge in [-0.15, -0.1) is 0 Å². The minimum atomic E-state index is -4.30. The molecule has 2 atom stereocenters. The maximum atomic E-state index is 12.8. The molecule has 0 radical (unpaired) electrons. The van der Waals surface area contributed by atoms with E-state index in [1.54, 1.807) is 13.0 Å². The monoisotopic (exact) mass is 301 g/mol. The first kappa shape index (κ1) is 16.3. The standard InChI is InChI=1S/C16H22F3NO/c1-4-20-14(15(3)8-5-9-21-15)13-7-6-12(10-11(13)2)16(17,18)19/h6-7,10,14,20H,4-5,8-9H2,1-3H3. The van der Waals surface area contributed by atoms with Crippen molar-refractivity contribution < 1.29 is 17.9 Å². The van der Waals surface area contributed by atoms with E-state index in [1.807, 2.05) is 13.8 Å². The molecule has 1 fully saturated rings. The first-order valence-electron chi connectivity index (χ1n) is 7.33. The van der Waals surface area contributed by atoms with Gasteiger partial charge in [-0.05, 0) is 56.5 Å². The van der Waals surface area contributed by atoms with Crippen LogP contribution < -0.4 is 5.32 Å². The third-order valence-corrected chi connectivity index (χ3v) is 4.18. The summed E-state index contributed by atoms with van der Waals surface area (Å²) in [6, 6.07) is 3.87. The Kier molecular flexibility index (Phi) is 4.63. The zero-order valence-electron chi connectivity index (χ0n) is 12.7. The second kappa shape index (κ2) is 5.97. The molecular weight excluding hydrogens is 279 g/mol. The van der Waals surface area contributed by atoms with E-state index in [-0.39, 0.29) is 11.6 Å². The van der Waals surface area contributed by atoms with Gasteiger partial charge in [-0.3, -0.25) is 0 Å². The van der Waals surface area contributed by atoms with E-state index in [2.05, 4.69) is 5.32 Å². The zero-order chi connectivity index (χ0) is 15.7. The molecule has 1 aromatic rings. The Labute approximate surface area is 123 Å². The number of nitrogens with one attached hydrogen (secondary N) is 1.